The number of rotatable bonds is 5. The summed E-state index contributed by atoms with van der Waals surface area (Å²) in [5, 5.41) is 5.50. The van der Waals surface area contributed by atoms with Crippen LogP contribution in [0.4, 0.5) is 18.2 Å². The third-order valence-corrected chi connectivity index (χ3v) is 6.97. The van der Waals surface area contributed by atoms with Crippen molar-refractivity contribution >= 4 is 51.4 Å². The Hall–Kier alpha value is -2.59. The number of carbonyl (C=O) groups excluding carboxylic acids is 2. The lowest BCUT2D eigenvalue weighted by Gasteiger charge is -2.14. The van der Waals surface area contributed by atoms with Crippen molar-refractivity contribution in [3.05, 3.63) is 85.2 Å². The summed E-state index contributed by atoms with van der Waals surface area (Å²) < 4.78 is 45.1. The third kappa shape index (κ3) is 5.22. The van der Waals surface area contributed by atoms with Gasteiger partial charge < -0.3 is 15.4 Å². The van der Waals surface area contributed by atoms with Gasteiger partial charge in [-0.05, 0) is 41.8 Å². The molecule has 4 rings (SSSR count). The van der Waals surface area contributed by atoms with Crippen LogP contribution in [0.25, 0.3) is 0 Å². The third-order valence-electron chi connectivity index (χ3n) is 5.19. The van der Waals surface area contributed by atoms with E-state index in [0.29, 0.717) is 18.1 Å². The number of alkyl halides is 3. The maximum Gasteiger partial charge on any atom is 0.417 e. The molecule has 2 aromatic carbocycles. The van der Waals surface area contributed by atoms with Crippen LogP contribution >= 0.6 is 34.5 Å². The average Bonchev–Trinajstić information content (AvgIpc) is 3.15. The molecule has 1 aliphatic heterocycles. The van der Waals surface area contributed by atoms with Crippen LogP contribution in [0, 0.1) is 0 Å². The molecule has 5 nitrogen and oxygen atoms in total. The zero-order valence-corrected chi connectivity index (χ0v) is 19.7. The Morgan fingerprint density at radius 1 is 1.06 bits per heavy atom. The Morgan fingerprint density at radius 2 is 1.79 bits per heavy atom. The molecule has 0 saturated carbocycles. The number of benzene rings is 2. The van der Waals surface area contributed by atoms with Crippen molar-refractivity contribution in [2.75, 3.05) is 11.9 Å². The fraction of sp³-hybridized carbons (Fsp3) is 0.217. The molecule has 34 heavy (non-hydrogen) atoms. The molecular weight excluding hydrogens is 512 g/mol. The number of nitrogens with one attached hydrogen (secondary N) is 2. The highest BCUT2D eigenvalue weighted by atomic mass is 35.5. The molecule has 0 bridgehead atoms. The van der Waals surface area contributed by atoms with Gasteiger partial charge in [-0.2, -0.15) is 13.2 Å². The smallest absolute Gasteiger partial charge is 0.376 e. The molecule has 3 aromatic rings. The monoisotopic (exact) mass is 528 g/mol. The van der Waals surface area contributed by atoms with Crippen LogP contribution in [0.5, 0.6) is 0 Å². The first-order chi connectivity index (χ1) is 16.1. The summed E-state index contributed by atoms with van der Waals surface area (Å²) >= 11 is 12.9. The van der Waals surface area contributed by atoms with E-state index in [1.807, 2.05) is 0 Å². The molecular formula is C23H17Cl2F3N2O3S. The van der Waals surface area contributed by atoms with E-state index in [2.05, 4.69) is 10.6 Å². The van der Waals surface area contributed by atoms with E-state index in [1.165, 1.54) is 6.07 Å². The summed E-state index contributed by atoms with van der Waals surface area (Å²) in [4.78, 5) is 26.8. The maximum absolute atomic E-state index is 13.2. The lowest BCUT2D eigenvalue weighted by molar-refractivity contribution is -0.137. The molecule has 0 radical (unpaired) electrons. The molecule has 2 amide bonds. The second kappa shape index (κ2) is 9.95. The zero-order valence-electron chi connectivity index (χ0n) is 17.4. The Balaban J connectivity index is 1.61. The fourth-order valence-electron chi connectivity index (χ4n) is 3.53. The van der Waals surface area contributed by atoms with E-state index in [1.54, 1.807) is 24.3 Å². The summed E-state index contributed by atoms with van der Waals surface area (Å²) in [5.74, 6) is -1.26. The average molecular weight is 529 g/mol. The Kier molecular flexibility index (Phi) is 7.18. The molecule has 0 aliphatic carbocycles. The van der Waals surface area contributed by atoms with Crippen molar-refractivity contribution in [2.24, 2.45) is 0 Å². The number of carbonyl (C=O) groups is 2. The van der Waals surface area contributed by atoms with E-state index in [4.69, 9.17) is 27.9 Å². The van der Waals surface area contributed by atoms with Gasteiger partial charge in [0, 0.05) is 16.4 Å². The number of fused-ring (bicyclic) bond motifs is 1. The van der Waals surface area contributed by atoms with Crippen LogP contribution in [0.15, 0.2) is 42.5 Å². The predicted octanol–water partition coefficient (Wildman–Crippen LogP) is 6.33. The van der Waals surface area contributed by atoms with Crippen molar-refractivity contribution in [3.8, 4) is 0 Å². The van der Waals surface area contributed by atoms with Gasteiger partial charge in [-0.1, -0.05) is 41.4 Å². The number of anilines is 1. The number of halogens is 5. The molecule has 11 heteroatoms. The van der Waals surface area contributed by atoms with Gasteiger partial charge in [0.2, 0.25) is 0 Å². The SMILES string of the molecule is O=C(Nc1sc2c(c1C(=O)NCc1ccc(Cl)cc1)CCOC2)c1cccc(C(F)(F)F)c1Cl. The quantitative estimate of drug-likeness (QED) is 0.406. The van der Waals surface area contributed by atoms with Crippen molar-refractivity contribution in [2.45, 2.75) is 25.7 Å². The van der Waals surface area contributed by atoms with Crippen molar-refractivity contribution < 1.29 is 27.5 Å². The van der Waals surface area contributed by atoms with Gasteiger partial charge in [-0.25, -0.2) is 0 Å². The standard InChI is InChI=1S/C23H17Cl2F3N2O3S/c24-13-6-4-12(5-7-13)10-29-21(32)18-14-8-9-33-11-17(14)34-22(18)30-20(31)15-2-1-3-16(19(15)25)23(26,27)28/h1-7H,8-11H2,(H,29,32)(H,30,31). The molecule has 0 spiro atoms. The Morgan fingerprint density at radius 3 is 2.50 bits per heavy atom. The number of hydrogen-bond acceptors (Lipinski definition) is 4. The highest BCUT2D eigenvalue weighted by molar-refractivity contribution is 7.17. The summed E-state index contributed by atoms with van der Waals surface area (Å²) in [6, 6.07) is 10.1. The number of ether oxygens (including phenoxy) is 1. The summed E-state index contributed by atoms with van der Waals surface area (Å²) in [7, 11) is 0. The van der Waals surface area contributed by atoms with Gasteiger partial charge in [0.15, 0.2) is 0 Å². The minimum atomic E-state index is -4.71. The lowest BCUT2D eigenvalue weighted by atomic mass is 10.0. The van der Waals surface area contributed by atoms with Crippen LogP contribution < -0.4 is 10.6 Å². The van der Waals surface area contributed by atoms with Crippen molar-refractivity contribution in [1.29, 1.82) is 0 Å². The first kappa shape index (κ1) is 24.5. The fourth-order valence-corrected chi connectivity index (χ4v) is 5.15. The minimum absolute atomic E-state index is 0.225. The van der Waals surface area contributed by atoms with Crippen LogP contribution in [0.2, 0.25) is 10.0 Å². The highest BCUT2D eigenvalue weighted by Gasteiger charge is 2.35. The molecule has 0 unspecified atom stereocenters. The lowest BCUT2D eigenvalue weighted by Crippen LogP contribution is -2.26. The first-order valence-corrected chi connectivity index (χ1v) is 11.6. The van der Waals surface area contributed by atoms with Crippen LogP contribution in [-0.2, 0) is 30.5 Å². The molecule has 0 atom stereocenters. The van der Waals surface area contributed by atoms with Gasteiger partial charge >= 0.3 is 6.18 Å². The van der Waals surface area contributed by atoms with Crippen molar-refractivity contribution in [3.63, 3.8) is 0 Å². The Labute approximate surface area is 206 Å². The molecule has 2 heterocycles. The second-order valence-corrected chi connectivity index (χ2v) is 9.36. The van der Waals surface area contributed by atoms with Gasteiger partial charge in [-0.15, -0.1) is 11.3 Å². The van der Waals surface area contributed by atoms with Gasteiger partial charge in [0.1, 0.15) is 5.00 Å². The van der Waals surface area contributed by atoms with E-state index in [0.717, 1.165) is 39.5 Å². The zero-order chi connectivity index (χ0) is 24.5. The topological polar surface area (TPSA) is 67.4 Å². The first-order valence-electron chi connectivity index (χ1n) is 10.1. The molecule has 178 valence electrons. The van der Waals surface area contributed by atoms with Gasteiger partial charge in [0.25, 0.3) is 11.8 Å². The van der Waals surface area contributed by atoms with Gasteiger partial charge in [-0.3, -0.25) is 9.59 Å². The molecule has 2 N–H and O–H groups in total. The molecule has 1 aromatic heterocycles. The Bertz CT molecular complexity index is 1240. The number of hydrogen-bond donors (Lipinski definition) is 2. The molecule has 0 fully saturated rings. The van der Waals surface area contributed by atoms with Crippen LogP contribution in [0.3, 0.4) is 0 Å². The maximum atomic E-state index is 13.2. The summed E-state index contributed by atoms with van der Waals surface area (Å²) in [5.41, 5.74) is 0.392. The van der Waals surface area contributed by atoms with Crippen LogP contribution in [0.1, 0.15) is 42.3 Å². The van der Waals surface area contributed by atoms with Crippen LogP contribution in [-0.4, -0.2) is 18.4 Å². The van der Waals surface area contributed by atoms with E-state index in [9.17, 15) is 22.8 Å². The van der Waals surface area contributed by atoms with Gasteiger partial charge in [0.05, 0.1) is 34.9 Å². The van der Waals surface area contributed by atoms with E-state index < -0.39 is 28.6 Å². The highest BCUT2D eigenvalue weighted by Crippen LogP contribution is 2.39. The number of thiophene rings is 1. The normalized spacial score (nSPS) is 13.3. The minimum Gasteiger partial charge on any atom is -0.376 e. The molecule has 1 aliphatic rings. The number of amides is 2. The second-order valence-electron chi connectivity index (χ2n) is 7.44. The summed E-state index contributed by atoms with van der Waals surface area (Å²) in [6.07, 6.45) is -4.24. The molecule has 0 saturated heterocycles. The van der Waals surface area contributed by atoms with Crippen molar-refractivity contribution in [1.82, 2.24) is 5.32 Å². The van der Waals surface area contributed by atoms with E-state index in [-0.39, 0.29) is 29.3 Å². The summed E-state index contributed by atoms with van der Waals surface area (Å²) in [6.45, 7) is 0.912. The van der Waals surface area contributed by atoms with E-state index >= 15 is 0 Å². The largest absolute Gasteiger partial charge is 0.417 e. The predicted molar refractivity (Wildman–Crippen MR) is 125 cm³/mol.